The van der Waals surface area contributed by atoms with Gasteiger partial charge in [0.2, 0.25) is 0 Å². The average Bonchev–Trinajstić information content (AvgIpc) is 3.00. The van der Waals surface area contributed by atoms with Crippen LogP contribution in [-0.2, 0) is 4.79 Å². The predicted octanol–water partition coefficient (Wildman–Crippen LogP) is 2.62. The molecule has 3 aliphatic rings. The van der Waals surface area contributed by atoms with Gasteiger partial charge in [-0.3, -0.25) is 4.79 Å². The second-order valence-corrected chi connectivity index (χ2v) is 6.19. The maximum atomic E-state index is 12.2. The van der Waals surface area contributed by atoms with E-state index in [9.17, 15) is 4.79 Å². The highest BCUT2D eigenvalue weighted by atomic mass is 16.1. The quantitative estimate of drug-likeness (QED) is 0.730. The molecule has 2 nitrogen and oxygen atoms in total. The zero-order chi connectivity index (χ0) is 11.1. The first-order chi connectivity index (χ1) is 7.74. The molecule has 2 heterocycles. The van der Waals surface area contributed by atoms with Gasteiger partial charge in [-0.15, -0.1) is 0 Å². The van der Waals surface area contributed by atoms with Crippen LogP contribution in [0.25, 0.3) is 0 Å². The van der Waals surface area contributed by atoms with Crippen molar-refractivity contribution in [3.05, 3.63) is 0 Å². The van der Waals surface area contributed by atoms with Crippen LogP contribution in [0.5, 0.6) is 0 Å². The Balaban J connectivity index is 1.62. The number of rotatable bonds is 3. The number of hydrogen-bond acceptors (Lipinski definition) is 2. The normalized spacial score (nSPS) is 39.7. The molecular weight excluding hydrogens is 198 g/mol. The molecule has 2 atom stereocenters. The van der Waals surface area contributed by atoms with Crippen LogP contribution >= 0.6 is 0 Å². The summed E-state index contributed by atoms with van der Waals surface area (Å²) in [7, 11) is 2.26. The van der Waals surface area contributed by atoms with Crippen LogP contribution in [0.4, 0.5) is 0 Å². The van der Waals surface area contributed by atoms with Gasteiger partial charge in [0.1, 0.15) is 5.78 Å². The zero-order valence-electron chi connectivity index (χ0n) is 10.3. The third-order valence-corrected chi connectivity index (χ3v) is 4.98. The van der Waals surface area contributed by atoms with Crippen molar-refractivity contribution in [1.82, 2.24) is 4.90 Å². The van der Waals surface area contributed by atoms with E-state index in [0.29, 0.717) is 23.8 Å². The highest BCUT2D eigenvalue weighted by molar-refractivity contribution is 5.81. The summed E-state index contributed by atoms with van der Waals surface area (Å²) in [5.74, 6) is 1.77. The summed E-state index contributed by atoms with van der Waals surface area (Å²) in [4.78, 5) is 14.7. The van der Waals surface area contributed by atoms with Crippen LogP contribution < -0.4 is 0 Å². The molecule has 0 spiro atoms. The molecule has 0 amide bonds. The zero-order valence-corrected chi connectivity index (χ0v) is 10.3. The number of nitrogens with zero attached hydrogens (tertiary/aromatic N) is 1. The molecule has 0 aromatic heterocycles. The van der Waals surface area contributed by atoms with Crippen molar-refractivity contribution in [3.8, 4) is 0 Å². The SMILES string of the molecule is CN1C2CCCC1CC(C(=O)CC1CC1)C2. The second kappa shape index (κ2) is 4.14. The van der Waals surface area contributed by atoms with Crippen LogP contribution in [0.3, 0.4) is 0 Å². The third kappa shape index (κ3) is 2.04. The fourth-order valence-electron chi connectivity index (χ4n) is 3.65. The van der Waals surface area contributed by atoms with Crippen LogP contribution in [0, 0.1) is 11.8 Å². The van der Waals surface area contributed by atoms with E-state index in [2.05, 4.69) is 11.9 Å². The Morgan fingerprint density at radius 3 is 2.31 bits per heavy atom. The minimum Gasteiger partial charge on any atom is -0.300 e. The highest BCUT2D eigenvalue weighted by Crippen LogP contribution is 2.39. The summed E-state index contributed by atoms with van der Waals surface area (Å²) in [6.07, 6.45) is 9.84. The van der Waals surface area contributed by atoms with E-state index in [0.717, 1.165) is 25.2 Å². The summed E-state index contributed by atoms with van der Waals surface area (Å²) in [5.41, 5.74) is 0. The second-order valence-electron chi connectivity index (χ2n) is 6.19. The first kappa shape index (κ1) is 10.8. The summed E-state index contributed by atoms with van der Waals surface area (Å²) in [6.45, 7) is 0. The largest absolute Gasteiger partial charge is 0.300 e. The lowest BCUT2D eigenvalue weighted by molar-refractivity contribution is -0.126. The van der Waals surface area contributed by atoms with Gasteiger partial charge in [-0.2, -0.15) is 0 Å². The van der Waals surface area contributed by atoms with E-state index >= 15 is 0 Å². The molecule has 3 fully saturated rings. The van der Waals surface area contributed by atoms with Gasteiger partial charge in [0.15, 0.2) is 0 Å². The smallest absolute Gasteiger partial charge is 0.136 e. The van der Waals surface area contributed by atoms with Crippen molar-refractivity contribution in [2.24, 2.45) is 11.8 Å². The van der Waals surface area contributed by atoms with Crippen molar-refractivity contribution in [2.75, 3.05) is 7.05 Å². The van der Waals surface area contributed by atoms with Crippen LogP contribution in [0.15, 0.2) is 0 Å². The lowest BCUT2D eigenvalue weighted by atomic mass is 9.76. The Morgan fingerprint density at radius 1 is 1.12 bits per heavy atom. The molecule has 2 aliphatic heterocycles. The van der Waals surface area contributed by atoms with E-state index in [1.807, 2.05) is 0 Å². The van der Waals surface area contributed by atoms with Gasteiger partial charge >= 0.3 is 0 Å². The fraction of sp³-hybridized carbons (Fsp3) is 0.929. The predicted molar refractivity (Wildman–Crippen MR) is 64.3 cm³/mol. The van der Waals surface area contributed by atoms with Gasteiger partial charge in [-0.05, 0) is 51.5 Å². The lowest BCUT2D eigenvalue weighted by Crippen LogP contribution is -2.51. The van der Waals surface area contributed by atoms with E-state index < -0.39 is 0 Å². The lowest BCUT2D eigenvalue weighted by Gasteiger charge is -2.46. The standard InChI is InChI=1S/C14H23NO/c1-15-12-3-2-4-13(15)9-11(8-12)14(16)7-10-5-6-10/h10-13H,2-9H2,1H3. The molecule has 0 radical (unpaired) electrons. The number of carbonyl (C=O) groups is 1. The summed E-state index contributed by atoms with van der Waals surface area (Å²) in [5, 5.41) is 0. The van der Waals surface area contributed by atoms with Crippen molar-refractivity contribution < 1.29 is 4.79 Å². The van der Waals surface area contributed by atoms with E-state index in [1.165, 1.54) is 32.1 Å². The van der Waals surface area contributed by atoms with Crippen molar-refractivity contribution in [2.45, 2.75) is 63.5 Å². The minimum atomic E-state index is 0.409. The highest BCUT2D eigenvalue weighted by Gasteiger charge is 2.39. The van der Waals surface area contributed by atoms with E-state index in [1.54, 1.807) is 0 Å². The molecule has 0 aromatic carbocycles. The third-order valence-electron chi connectivity index (χ3n) is 4.98. The molecule has 90 valence electrons. The molecule has 16 heavy (non-hydrogen) atoms. The molecule has 0 N–H and O–H groups in total. The number of hydrogen-bond donors (Lipinski definition) is 0. The molecule has 0 aromatic rings. The summed E-state index contributed by atoms with van der Waals surface area (Å²) < 4.78 is 0. The van der Waals surface area contributed by atoms with E-state index in [4.69, 9.17) is 0 Å². The number of ketones is 1. The Morgan fingerprint density at radius 2 is 1.75 bits per heavy atom. The fourth-order valence-corrected chi connectivity index (χ4v) is 3.65. The maximum absolute atomic E-state index is 12.2. The van der Waals surface area contributed by atoms with Crippen LogP contribution in [-0.4, -0.2) is 29.8 Å². The van der Waals surface area contributed by atoms with Gasteiger partial charge in [0.05, 0.1) is 0 Å². The molecule has 2 heteroatoms. The van der Waals surface area contributed by atoms with Crippen molar-refractivity contribution in [1.29, 1.82) is 0 Å². The number of Topliss-reactive ketones (excluding diaryl/α,β-unsaturated/α-hetero) is 1. The topological polar surface area (TPSA) is 20.3 Å². The summed E-state index contributed by atoms with van der Waals surface area (Å²) >= 11 is 0. The number of carbonyl (C=O) groups excluding carboxylic acids is 1. The first-order valence-electron chi connectivity index (χ1n) is 6.98. The Kier molecular flexibility index (Phi) is 2.78. The van der Waals surface area contributed by atoms with E-state index in [-0.39, 0.29) is 0 Å². The van der Waals surface area contributed by atoms with Crippen molar-refractivity contribution in [3.63, 3.8) is 0 Å². The molecule has 1 aliphatic carbocycles. The molecule has 2 saturated heterocycles. The molecule has 3 rings (SSSR count). The molecular formula is C14H23NO. The minimum absolute atomic E-state index is 0.409. The Hall–Kier alpha value is -0.370. The van der Waals surface area contributed by atoms with Gasteiger partial charge in [-0.1, -0.05) is 6.42 Å². The Labute approximate surface area is 98.4 Å². The van der Waals surface area contributed by atoms with Gasteiger partial charge < -0.3 is 4.90 Å². The van der Waals surface area contributed by atoms with Gasteiger partial charge in [-0.25, -0.2) is 0 Å². The molecule has 2 bridgehead atoms. The van der Waals surface area contributed by atoms with Crippen molar-refractivity contribution >= 4 is 5.78 Å². The van der Waals surface area contributed by atoms with Crippen LogP contribution in [0.1, 0.15) is 51.4 Å². The Bertz CT molecular complexity index is 270. The molecule has 1 saturated carbocycles. The van der Waals surface area contributed by atoms with Gasteiger partial charge in [0.25, 0.3) is 0 Å². The monoisotopic (exact) mass is 221 g/mol. The first-order valence-corrected chi connectivity index (χ1v) is 6.98. The summed E-state index contributed by atoms with van der Waals surface area (Å²) in [6, 6.07) is 1.42. The van der Waals surface area contributed by atoms with Crippen LogP contribution in [0.2, 0.25) is 0 Å². The molecule has 2 unspecified atom stereocenters. The number of fused-ring (bicyclic) bond motifs is 2. The number of piperidine rings is 2. The maximum Gasteiger partial charge on any atom is 0.136 e. The van der Waals surface area contributed by atoms with Gasteiger partial charge in [0, 0.05) is 24.4 Å². The average molecular weight is 221 g/mol.